The third kappa shape index (κ3) is 8.45. The minimum absolute atomic E-state index is 0. The van der Waals surface area contributed by atoms with Gasteiger partial charge in [-0.2, -0.15) is 13.2 Å². The molecule has 2 N–H and O–H groups in total. The summed E-state index contributed by atoms with van der Waals surface area (Å²) in [5.41, 5.74) is 3.16. The fraction of sp³-hybridized carbons (Fsp3) is 0.528. The van der Waals surface area contributed by atoms with Crippen LogP contribution in [-0.2, 0) is 11.3 Å². The summed E-state index contributed by atoms with van der Waals surface area (Å²) in [6, 6.07) is 7.51. The number of halogens is 4. The van der Waals surface area contributed by atoms with Crippen molar-refractivity contribution >= 4 is 35.9 Å². The number of ether oxygens (including phenoxy) is 3. The summed E-state index contributed by atoms with van der Waals surface area (Å²) in [5, 5.41) is 2.93. The van der Waals surface area contributed by atoms with E-state index in [1.54, 1.807) is 19.2 Å². The Balaban J connectivity index is 0.00000504. The number of likely N-dealkylation sites (tertiary alicyclic amines) is 1. The van der Waals surface area contributed by atoms with Crippen LogP contribution in [0.25, 0.3) is 11.1 Å². The number of benzene rings is 1. The summed E-state index contributed by atoms with van der Waals surface area (Å²) in [5.74, 6) is -0.0622. The number of H-pyrrole nitrogens is 1. The van der Waals surface area contributed by atoms with Crippen LogP contribution >= 0.6 is 24.2 Å². The molecule has 3 aliphatic heterocycles. The van der Waals surface area contributed by atoms with Crippen LogP contribution in [0.5, 0.6) is 11.5 Å². The van der Waals surface area contributed by atoms with E-state index < -0.39 is 24.4 Å². The first-order chi connectivity index (χ1) is 23.6. The topological polar surface area (TPSA) is 109 Å². The fourth-order valence-electron chi connectivity index (χ4n) is 7.27. The number of nitrogens with one attached hydrogen (secondary N) is 2. The monoisotopic (exact) mass is 751 g/mol. The number of rotatable bonds is 8. The molecule has 2 saturated heterocycles. The predicted molar refractivity (Wildman–Crippen MR) is 194 cm³/mol. The molecule has 1 amide bonds. The number of thioether (sulfide) groups is 1. The second kappa shape index (κ2) is 15.3. The Morgan fingerprint density at radius 3 is 2.37 bits per heavy atom. The van der Waals surface area contributed by atoms with Gasteiger partial charge in [0.2, 0.25) is 0 Å². The first-order valence-electron chi connectivity index (χ1n) is 16.9. The summed E-state index contributed by atoms with van der Waals surface area (Å²) in [6.07, 6.45) is 0.403. The van der Waals surface area contributed by atoms with Gasteiger partial charge < -0.3 is 29.4 Å². The Bertz CT molecular complexity index is 1790. The van der Waals surface area contributed by atoms with Gasteiger partial charge in [-0.25, -0.2) is 4.98 Å². The number of amides is 1. The number of piperidine rings is 1. The smallest absolute Gasteiger partial charge is 0.401 e. The minimum Gasteiger partial charge on any atom is -0.448 e. The van der Waals surface area contributed by atoms with Gasteiger partial charge in [0.15, 0.2) is 11.5 Å². The second-order valence-corrected chi connectivity index (χ2v) is 14.6. The lowest BCUT2D eigenvalue weighted by atomic mass is 9.89. The van der Waals surface area contributed by atoms with E-state index in [2.05, 4.69) is 15.2 Å². The molecule has 0 bridgehead atoms. The van der Waals surface area contributed by atoms with Gasteiger partial charge in [0.05, 0.1) is 18.8 Å². The molecule has 0 radical (unpaired) electrons. The van der Waals surface area contributed by atoms with Crippen LogP contribution in [0.2, 0.25) is 0 Å². The third-order valence-electron chi connectivity index (χ3n) is 9.75. The zero-order chi connectivity index (χ0) is 36.0. The number of pyridine rings is 2. The van der Waals surface area contributed by atoms with Crippen molar-refractivity contribution in [1.29, 1.82) is 0 Å². The lowest BCUT2D eigenvalue weighted by Crippen LogP contribution is -2.49. The highest BCUT2D eigenvalue weighted by Crippen LogP contribution is 2.52. The molecule has 15 heteroatoms. The number of carbonyl (C=O) groups is 1. The summed E-state index contributed by atoms with van der Waals surface area (Å²) in [7, 11) is 0. The van der Waals surface area contributed by atoms with E-state index in [1.807, 2.05) is 52.1 Å². The summed E-state index contributed by atoms with van der Waals surface area (Å²) >= 11 is 1.43. The van der Waals surface area contributed by atoms with E-state index in [4.69, 9.17) is 19.2 Å². The fourth-order valence-corrected chi connectivity index (χ4v) is 7.97. The van der Waals surface area contributed by atoms with Crippen molar-refractivity contribution in [2.75, 3.05) is 43.9 Å². The van der Waals surface area contributed by atoms with Gasteiger partial charge in [-0.1, -0.05) is 0 Å². The highest BCUT2D eigenvalue weighted by atomic mass is 35.5. The van der Waals surface area contributed by atoms with Crippen LogP contribution in [0, 0.1) is 19.8 Å². The number of anilines is 1. The third-order valence-corrected chi connectivity index (χ3v) is 10.6. The Labute approximate surface area is 306 Å². The molecule has 3 atom stereocenters. The predicted octanol–water partition coefficient (Wildman–Crippen LogP) is 6.50. The maximum Gasteiger partial charge on any atom is 0.401 e. The van der Waals surface area contributed by atoms with Crippen LogP contribution in [0.4, 0.5) is 19.0 Å². The van der Waals surface area contributed by atoms with Gasteiger partial charge in [-0.3, -0.25) is 14.5 Å². The minimum atomic E-state index is -4.26. The Morgan fingerprint density at radius 1 is 1.10 bits per heavy atom. The van der Waals surface area contributed by atoms with Crippen molar-refractivity contribution in [1.82, 2.24) is 20.2 Å². The van der Waals surface area contributed by atoms with Gasteiger partial charge in [0.1, 0.15) is 5.82 Å². The number of morpholine rings is 1. The average molecular weight is 752 g/mol. The van der Waals surface area contributed by atoms with Crippen LogP contribution in [0.1, 0.15) is 60.8 Å². The molecule has 0 aliphatic carbocycles. The molecule has 1 unspecified atom stereocenters. The van der Waals surface area contributed by atoms with Gasteiger partial charge in [-0.05, 0) is 84.1 Å². The molecule has 3 aromatic rings. The quantitative estimate of drug-likeness (QED) is 0.250. The molecule has 5 heterocycles. The largest absolute Gasteiger partial charge is 0.448 e. The molecule has 10 nitrogen and oxygen atoms in total. The number of alkyl halides is 3. The molecular weight excluding hydrogens is 707 g/mol. The highest BCUT2D eigenvalue weighted by Gasteiger charge is 2.48. The number of nitrogens with zero attached hydrogens (tertiary/aromatic N) is 3. The van der Waals surface area contributed by atoms with Crippen molar-refractivity contribution in [3.63, 3.8) is 0 Å². The van der Waals surface area contributed by atoms with Crippen LogP contribution < -0.4 is 25.2 Å². The number of aromatic amines is 1. The standard InChI is InChI=1S/C36H44F3N5O5S.ClH/c1-20-13-29(50-6)28(34(46)42-20)16-41-33(45)26-14-27(24-7-8-30(40-15-24)44-17-21(2)47-22(3)18-44)32-31(23(26)4)48-35(5,49-32)25-9-11-43(12-10-25)19-36(37,38)39;/h7-8,13-15,21-22,25H,9-12,16-19H2,1-6H3,(H,41,45)(H,42,46);1H/t21-,22+,35?;. The Morgan fingerprint density at radius 2 is 1.76 bits per heavy atom. The second-order valence-electron chi connectivity index (χ2n) is 13.7. The summed E-state index contributed by atoms with van der Waals surface area (Å²) < 4.78 is 58.3. The summed E-state index contributed by atoms with van der Waals surface area (Å²) in [6.45, 7) is 10.5. The average Bonchev–Trinajstić information content (AvgIpc) is 3.42. The lowest BCUT2D eigenvalue weighted by molar-refractivity contribution is -0.159. The van der Waals surface area contributed by atoms with Crippen LogP contribution in [-0.4, -0.2) is 83.9 Å². The number of aromatic nitrogens is 2. The number of hydrogen-bond donors (Lipinski definition) is 2. The normalized spacial score (nSPS) is 22.5. The zero-order valence-corrected chi connectivity index (χ0v) is 31.2. The Kier molecular flexibility index (Phi) is 11.6. The van der Waals surface area contributed by atoms with E-state index in [0.717, 1.165) is 16.4 Å². The molecule has 51 heavy (non-hydrogen) atoms. The maximum atomic E-state index is 13.9. The van der Waals surface area contributed by atoms with Gasteiger partial charge in [0, 0.05) is 77.1 Å². The molecule has 0 saturated carbocycles. The van der Waals surface area contributed by atoms with Crippen LogP contribution in [0.3, 0.4) is 0 Å². The first-order valence-corrected chi connectivity index (χ1v) is 18.1. The molecular formula is C36H45ClF3N5O5S. The van der Waals surface area contributed by atoms with E-state index in [9.17, 15) is 22.8 Å². The van der Waals surface area contributed by atoms with E-state index in [0.29, 0.717) is 65.2 Å². The first kappa shape index (κ1) is 38.8. The van der Waals surface area contributed by atoms with Crippen molar-refractivity contribution in [2.45, 2.75) is 83.1 Å². The SMILES string of the molecule is CSc1cc(C)[nH]c(=O)c1CNC(=O)c1cc(-c2ccc(N3C[C@@H](C)O[C@@H](C)C3)nc2)c2c(c1C)OC(C)(C1CCN(CC(F)(F)F)CC1)O2.Cl. The van der Waals surface area contributed by atoms with Crippen LogP contribution in [0.15, 0.2) is 40.2 Å². The van der Waals surface area contributed by atoms with Gasteiger partial charge >= 0.3 is 6.18 Å². The number of fused-ring (bicyclic) bond motifs is 1. The molecule has 6 rings (SSSR count). The molecule has 1 aromatic carbocycles. The van der Waals surface area contributed by atoms with Gasteiger partial charge in [0.25, 0.3) is 17.3 Å². The van der Waals surface area contributed by atoms with Crippen molar-refractivity contribution in [3.05, 3.63) is 63.2 Å². The Hall–Kier alpha value is -3.46. The zero-order valence-electron chi connectivity index (χ0n) is 29.6. The van der Waals surface area contributed by atoms with Crippen molar-refractivity contribution in [3.8, 4) is 22.6 Å². The number of carbonyl (C=O) groups excluding carboxylic acids is 1. The highest BCUT2D eigenvalue weighted by molar-refractivity contribution is 7.98. The van der Waals surface area contributed by atoms with Crippen molar-refractivity contribution < 1.29 is 32.2 Å². The number of aryl methyl sites for hydroxylation is 1. The van der Waals surface area contributed by atoms with Gasteiger partial charge in [-0.15, -0.1) is 24.2 Å². The molecule has 2 aromatic heterocycles. The molecule has 3 aliphatic rings. The van der Waals surface area contributed by atoms with E-state index >= 15 is 0 Å². The maximum absolute atomic E-state index is 13.9. The van der Waals surface area contributed by atoms with E-state index in [1.165, 1.54) is 16.7 Å². The summed E-state index contributed by atoms with van der Waals surface area (Å²) in [4.78, 5) is 38.6. The van der Waals surface area contributed by atoms with Crippen molar-refractivity contribution in [2.24, 2.45) is 5.92 Å². The molecule has 278 valence electrons. The van der Waals surface area contributed by atoms with E-state index in [-0.39, 0.29) is 55.7 Å². The number of hydrogen-bond acceptors (Lipinski definition) is 9. The molecule has 2 fully saturated rings. The lowest BCUT2D eigenvalue weighted by Gasteiger charge is -2.39. The molecule has 0 spiro atoms.